The van der Waals surface area contributed by atoms with Crippen LogP contribution in [0.3, 0.4) is 0 Å². The molecule has 0 amide bonds. The molecule has 0 spiro atoms. The average Bonchev–Trinajstić information content (AvgIpc) is 2.37. The van der Waals surface area contributed by atoms with Crippen molar-refractivity contribution in [2.45, 2.75) is 40.5 Å². The predicted octanol–water partition coefficient (Wildman–Crippen LogP) is 4.75. The molecule has 3 heteroatoms. The van der Waals surface area contributed by atoms with Gasteiger partial charge in [0.25, 0.3) is 0 Å². The maximum atomic E-state index is 9.37. The fourth-order valence-electron chi connectivity index (χ4n) is 2.57. The highest BCUT2D eigenvalue weighted by Gasteiger charge is 2.12. The highest BCUT2D eigenvalue weighted by molar-refractivity contribution is 5.64. The Morgan fingerprint density at radius 1 is 1.05 bits per heavy atom. The number of hydrogen-bond donors (Lipinski definition) is 1. The molecule has 0 radical (unpaired) electrons. The van der Waals surface area contributed by atoms with Gasteiger partial charge < -0.3 is 5.32 Å². The summed E-state index contributed by atoms with van der Waals surface area (Å²) in [5, 5.41) is 12.7. The molecular formula is C18H21N3. The molecule has 0 aliphatic rings. The van der Waals surface area contributed by atoms with E-state index >= 15 is 0 Å². The lowest BCUT2D eigenvalue weighted by atomic mass is 10.00. The molecule has 108 valence electrons. The summed E-state index contributed by atoms with van der Waals surface area (Å²) in [5.74, 6) is 0.990. The number of rotatable bonds is 3. The van der Waals surface area contributed by atoms with Crippen LogP contribution in [0.2, 0.25) is 0 Å². The molecule has 2 rings (SSSR count). The molecule has 0 saturated heterocycles. The van der Waals surface area contributed by atoms with E-state index in [1.54, 1.807) is 0 Å². The van der Waals surface area contributed by atoms with Crippen molar-refractivity contribution in [2.24, 2.45) is 0 Å². The number of anilines is 2. The van der Waals surface area contributed by atoms with Crippen LogP contribution < -0.4 is 5.32 Å². The van der Waals surface area contributed by atoms with E-state index in [4.69, 9.17) is 0 Å². The van der Waals surface area contributed by atoms with Gasteiger partial charge in [-0.1, -0.05) is 19.9 Å². The van der Waals surface area contributed by atoms with Gasteiger partial charge in [0.2, 0.25) is 0 Å². The van der Waals surface area contributed by atoms with Crippen LogP contribution in [-0.2, 0) is 0 Å². The van der Waals surface area contributed by atoms with Crippen molar-refractivity contribution in [3.05, 3.63) is 52.2 Å². The molecular weight excluding hydrogens is 258 g/mol. The van der Waals surface area contributed by atoms with Gasteiger partial charge in [0, 0.05) is 11.4 Å². The second-order valence-electron chi connectivity index (χ2n) is 5.83. The van der Waals surface area contributed by atoms with Crippen molar-refractivity contribution in [1.82, 2.24) is 4.98 Å². The minimum absolute atomic E-state index is 0.361. The van der Waals surface area contributed by atoms with Gasteiger partial charge in [0.05, 0.1) is 5.56 Å². The predicted molar refractivity (Wildman–Crippen MR) is 87.0 cm³/mol. The van der Waals surface area contributed by atoms with Crippen molar-refractivity contribution in [3.8, 4) is 6.07 Å². The van der Waals surface area contributed by atoms with Crippen LogP contribution >= 0.6 is 0 Å². The van der Waals surface area contributed by atoms with E-state index in [0.29, 0.717) is 17.3 Å². The SMILES string of the molecule is Cc1cc(C)cc(Nc2nc(C)c(C(C)C)cc2C#N)c1. The van der Waals surface area contributed by atoms with E-state index < -0.39 is 0 Å². The van der Waals surface area contributed by atoms with E-state index in [0.717, 1.165) is 16.9 Å². The molecule has 1 aromatic carbocycles. The Balaban J connectivity index is 2.44. The van der Waals surface area contributed by atoms with E-state index in [2.05, 4.69) is 62.3 Å². The molecule has 3 nitrogen and oxygen atoms in total. The summed E-state index contributed by atoms with van der Waals surface area (Å²) in [4.78, 5) is 4.59. The topological polar surface area (TPSA) is 48.7 Å². The van der Waals surface area contributed by atoms with Crippen LogP contribution in [-0.4, -0.2) is 4.98 Å². The molecule has 0 atom stereocenters. The maximum Gasteiger partial charge on any atom is 0.148 e. The smallest absolute Gasteiger partial charge is 0.148 e. The van der Waals surface area contributed by atoms with Crippen LogP contribution in [0.4, 0.5) is 11.5 Å². The highest BCUT2D eigenvalue weighted by atomic mass is 15.0. The van der Waals surface area contributed by atoms with E-state index in [-0.39, 0.29) is 0 Å². The van der Waals surface area contributed by atoms with E-state index in [9.17, 15) is 5.26 Å². The minimum atomic E-state index is 0.361. The molecule has 1 aromatic heterocycles. The second kappa shape index (κ2) is 5.97. The number of aromatic nitrogens is 1. The standard InChI is InChI=1S/C18H21N3/c1-11(2)17-9-15(10-19)18(20-14(17)5)21-16-7-12(3)6-13(4)8-16/h6-9,11H,1-5H3,(H,20,21). The Morgan fingerprint density at radius 2 is 1.67 bits per heavy atom. The maximum absolute atomic E-state index is 9.37. The minimum Gasteiger partial charge on any atom is -0.339 e. The van der Waals surface area contributed by atoms with E-state index in [1.165, 1.54) is 11.1 Å². The van der Waals surface area contributed by atoms with Gasteiger partial charge in [-0.05, 0) is 61.6 Å². The monoisotopic (exact) mass is 279 g/mol. The summed E-state index contributed by atoms with van der Waals surface area (Å²) < 4.78 is 0. The van der Waals surface area contributed by atoms with Gasteiger partial charge in [0.1, 0.15) is 11.9 Å². The van der Waals surface area contributed by atoms with Crippen molar-refractivity contribution < 1.29 is 0 Å². The number of nitriles is 1. The number of pyridine rings is 1. The molecule has 0 unspecified atom stereocenters. The van der Waals surface area contributed by atoms with E-state index in [1.807, 2.05) is 13.0 Å². The third-order valence-electron chi connectivity index (χ3n) is 3.48. The molecule has 21 heavy (non-hydrogen) atoms. The molecule has 0 saturated carbocycles. The first kappa shape index (κ1) is 15.1. The summed E-state index contributed by atoms with van der Waals surface area (Å²) in [6, 6.07) is 10.4. The fourth-order valence-corrected chi connectivity index (χ4v) is 2.57. The van der Waals surface area contributed by atoms with Crippen molar-refractivity contribution in [2.75, 3.05) is 5.32 Å². The lowest BCUT2D eigenvalue weighted by Crippen LogP contribution is -2.03. The first-order chi connectivity index (χ1) is 9.90. The average molecular weight is 279 g/mol. The quantitative estimate of drug-likeness (QED) is 0.882. The van der Waals surface area contributed by atoms with Crippen LogP contribution in [0.5, 0.6) is 0 Å². The van der Waals surface area contributed by atoms with Crippen LogP contribution in [0.15, 0.2) is 24.3 Å². The molecule has 0 fully saturated rings. The molecule has 2 aromatic rings. The first-order valence-corrected chi connectivity index (χ1v) is 7.17. The fraction of sp³-hybridized carbons (Fsp3) is 0.333. The van der Waals surface area contributed by atoms with Crippen LogP contribution in [0, 0.1) is 32.1 Å². The Kier molecular flexibility index (Phi) is 4.28. The molecule has 0 aliphatic carbocycles. The normalized spacial score (nSPS) is 10.5. The van der Waals surface area contributed by atoms with Gasteiger partial charge >= 0.3 is 0 Å². The highest BCUT2D eigenvalue weighted by Crippen LogP contribution is 2.26. The van der Waals surface area contributed by atoms with Gasteiger partial charge in [-0.25, -0.2) is 4.98 Å². The lowest BCUT2D eigenvalue weighted by Gasteiger charge is -2.14. The molecule has 0 bridgehead atoms. The Bertz CT molecular complexity index is 689. The number of nitrogens with one attached hydrogen (secondary N) is 1. The molecule has 1 N–H and O–H groups in total. The summed E-state index contributed by atoms with van der Waals surface area (Å²) in [6.07, 6.45) is 0. The number of hydrogen-bond acceptors (Lipinski definition) is 3. The number of aryl methyl sites for hydroxylation is 3. The number of benzene rings is 1. The van der Waals surface area contributed by atoms with Gasteiger partial charge in [-0.15, -0.1) is 0 Å². The Labute approximate surface area is 126 Å². The summed E-state index contributed by atoms with van der Waals surface area (Å²) in [6.45, 7) is 10.3. The third-order valence-corrected chi connectivity index (χ3v) is 3.48. The lowest BCUT2D eigenvalue weighted by molar-refractivity contribution is 0.843. The summed E-state index contributed by atoms with van der Waals surface area (Å²) in [7, 11) is 0. The third kappa shape index (κ3) is 3.41. The second-order valence-corrected chi connectivity index (χ2v) is 5.83. The van der Waals surface area contributed by atoms with Gasteiger partial charge in [-0.3, -0.25) is 0 Å². The zero-order valence-corrected chi connectivity index (χ0v) is 13.3. The zero-order valence-electron chi connectivity index (χ0n) is 13.3. The summed E-state index contributed by atoms with van der Waals surface area (Å²) in [5.41, 5.74) is 6.02. The van der Waals surface area contributed by atoms with Crippen LogP contribution in [0.25, 0.3) is 0 Å². The first-order valence-electron chi connectivity index (χ1n) is 7.17. The largest absolute Gasteiger partial charge is 0.339 e. The molecule has 0 aliphatic heterocycles. The Morgan fingerprint density at radius 3 is 2.19 bits per heavy atom. The summed E-state index contributed by atoms with van der Waals surface area (Å²) >= 11 is 0. The van der Waals surface area contributed by atoms with Crippen molar-refractivity contribution >= 4 is 11.5 Å². The Hall–Kier alpha value is -2.34. The van der Waals surface area contributed by atoms with Crippen molar-refractivity contribution in [3.63, 3.8) is 0 Å². The van der Waals surface area contributed by atoms with Crippen LogP contribution in [0.1, 0.15) is 47.7 Å². The van der Waals surface area contributed by atoms with Gasteiger partial charge in [0.15, 0.2) is 0 Å². The van der Waals surface area contributed by atoms with Crippen molar-refractivity contribution in [1.29, 1.82) is 5.26 Å². The molecule has 1 heterocycles. The van der Waals surface area contributed by atoms with Gasteiger partial charge in [-0.2, -0.15) is 5.26 Å². The number of nitrogens with zero attached hydrogens (tertiary/aromatic N) is 2. The zero-order chi connectivity index (χ0) is 15.6.